The highest BCUT2D eigenvalue weighted by Crippen LogP contribution is 2.40. The van der Waals surface area contributed by atoms with Gasteiger partial charge in [0.05, 0.1) is 16.2 Å². The second-order valence-corrected chi connectivity index (χ2v) is 7.78. The van der Waals surface area contributed by atoms with Gasteiger partial charge in [-0.15, -0.1) is 23.1 Å². The van der Waals surface area contributed by atoms with E-state index in [0.29, 0.717) is 32.0 Å². The van der Waals surface area contributed by atoms with Gasteiger partial charge in [-0.3, -0.25) is 9.59 Å². The minimum atomic E-state index is -0.341. The fraction of sp³-hybridized carbons (Fsp3) is 0.125. The number of hydrogen-bond donors (Lipinski definition) is 0. The number of halogens is 2. The van der Waals surface area contributed by atoms with Gasteiger partial charge in [0.25, 0.3) is 11.8 Å². The lowest BCUT2D eigenvalue weighted by Gasteiger charge is -2.15. The largest absolute Gasteiger partial charge is 0.272 e. The van der Waals surface area contributed by atoms with Crippen molar-refractivity contribution in [3.05, 3.63) is 55.5 Å². The van der Waals surface area contributed by atoms with Crippen LogP contribution in [0.4, 0.5) is 5.69 Å². The Hall–Kier alpha value is -1.27. The van der Waals surface area contributed by atoms with Gasteiger partial charge in [-0.05, 0) is 35.4 Å². The van der Waals surface area contributed by atoms with Crippen LogP contribution in [0.1, 0.15) is 11.8 Å². The molecule has 0 aliphatic carbocycles. The van der Waals surface area contributed by atoms with Gasteiger partial charge < -0.3 is 0 Å². The molecule has 0 saturated heterocycles. The Morgan fingerprint density at radius 2 is 1.83 bits per heavy atom. The molecule has 2 aromatic rings. The van der Waals surface area contributed by atoms with Gasteiger partial charge in [0, 0.05) is 14.9 Å². The molecule has 1 aliphatic heterocycles. The summed E-state index contributed by atoms with van der Waals surface area (Å²) in [5.74, 6) is 0.0308. The van der Waals surface area contributed by atoms with Crippen molar-refractivity contribution in [2.45, 2.75) is 6.92 Å². The normalized spacial score (nSPS) is 15.0. The fourth-order valence-electron chi connectivity index (χ4n) is 2.33. The number of carbonyl (C=O) groups excluding carboxylic acids is 2. The molecule has 1 aliphatic rings. The van der Waals surface area contributed by atoms with Crippen LogP contribution in [0.3, 0.4) is 0 Å². The van der Waals surface area contributed by atoms with Crippen molar-refractivity contribution >= 4 is 69.4 Å². The first-order valence-corrected chi connectivity index (χ1v) is 9.41. The molecule has 0 saturated carbocycles. The van der Waals surface area contributed by atoms with E-state index in [1.807, 2.05) is 24.4 Å². The average Bonchev–Trinajstić information content (AvgIpc) is 3.06. The molecule has 0 atom stereocenters. The van der Waals surface area contributed by atoms with Crippen molar-refractivity contribution < 1.29 is 9.59 Å². The van der Waals surface area contributed by atoms with Gasteiger partial charge in [-0.25, -0.2) is 4.90 Å². The Morgan fingerprint density at radius 3 is 2.39 bits per heavy atom. The lowest BCUT2D eigenvalue weighted by atomic mass is 10.2. The van der Waals surface area contributed by atoms with E-state index in [2.05, 4.69) is 0 Å². The fourth-order valence-corrected chi connectivity index (χ4v) is 4.52. The Kier molecular flexibility index (Phi) is 4.82. The number of thioether (sulfide) groups is 1. The molecule has 3 rings (SSSR count). The monoisotopic (exact) mass is 383 g/mol. The number of rotatable bonds is 4. The van der Waals surface area contributed by atoms with Crippen molar-refractivity contribution in [1.82, 2.24) is 0 Å². The molecule has 0 N–H and O–H groups in total. The van der Waals surface area contributed by atoms with E-state index in [1.54, 1.807) is 18.2 Å². The van der Waals surface area contributed by atoms with E-state index in [-0.39, 0.29) is 11.8 Å². The number of imide groups is 1. The molecule has 1 aromatic heterocycles. The first-order chi connectivity index (χ1) is 11.0. The first-order valence-electron chi connectivity index (χ1n) is 6.78. The first kappa shape index (κ1) is 16.6. The van der Waals surface area contributed by atoms with Gasteiger partial charge in [0.15, 0.2) is 0 Å². The second-order valence-electron chi connectivity index (χ2n) is 4.69. The number of anilines is 1. The van der Waals surface area contributed by atoms with Crippen LogP contribution in [0.5, 0.6) is 0 Å². The summed E-state index contributed by atoms with van der Waals surface area (Å²) >= 11 is 14.8. The minimum Gasteiger partial charge on any atom is -0.268 e. The molecule has 3 nitrogen and oxygen atoms in total. The highest BCUT2D eigenvalue weighted by molar-refractivity contribution is 8.04. The number of thiophene rings is 1. The summed E-state index contributed by atoms with van der Waals surface area (Å²) in [5, 5.41) is 2.64. The highest BCUT2D eigenvalue weighted by Gasteiger charge is 2.40. The maximum Gasteiger partial charge on any atom is 0.272 e. The number of amides is 2. The summed E-state index contributed by atoms with van der Waals surface area (Å²) in [6.07, 6.45) is 0. The number of nitrogens with zero attached hydrogens (tertiary/aromatic N) is 1. The second kappa shape index (κ2) is 6.69. The Balaban J connectivity index is 2.10. The SMILES string of the molecule is CCSC1=C(c2cccs2)C(=O)N(c2cc(Cl)cc(Cl)c2)C1=O. The molecule has 1 aromatic carbocycles. The van der Waals surface area contributed by atoms with Crippen molar-refractivity contribution in [2.75, 3.05) is 10.7 Å². The van der Waals surface area contributed by atoms with Crippen LogP contribution in [-0.2, 0) is 9.59 Å². The third-order valence-electron chi connectivity index (χ3n) is 3.20. The van der Waals surface area contributed by atoms with Gasteiger partial charge in [0.2, 0.25) is 0 Å². The zero-order valence-electron chi connectivity index (χ0n) is 12.0. The standard InChI is InChI=1S/C16H11Cl2NO2S2/c1-2-22-14-13(12-4-3-5-23-12)15(20)19(16(14)21)11-7-9(17)6-10(18)8-11/h3-8H,2H2,1H3. The van der Waals surface area contributed by atoms with Crippen LogP contribution >= 0.6 is 46.3 Å². The van der Waals surface area contributed by atoms with Crippen molar-refractivity contribution in [1.29, 1.82) is 0 Å². The molecule has 0 radical (unpaired) electrons. The predicted octanol–water partition coefficient (Wildman–Crippen LogP) is 5.09. The van der Waals surface area contributed by atoms with E-state index in [1.165, 1.54) is 23.1 Å². The highest BCUT2D eigenvalue weighted by atomic mass is 35.5. The van der Waals surface area contributed by atoms with E-state index >= 15 is 0 Å². The zero-order chi connectivity index (χ0) is 16.6. The van der Waals surface area contributed by atoms with Crippen LogP contribution in [0.15, 0.2) is 40.6 Å². The zero-order valence-corrected chi connectivity index (χ0v) is 15.2. The maximum absolute atomic E-state index is 12.9. The molecule has 0 bridgehead atoms. The lowest BCUT2D eigenvalue weighted by Crippen LogP contribution is -2.31. The summed E-state index contributed by atoms with van der Waals surface area (Å²) in [7, 11) is 0. The van der Waals surface area contributed by atoms with Gasteiger partial charge in [0.1, 0.15) is 0 Å². The molecule has 23 heavy (non-hydrogen) atoms. The Labute approximate surface area is 151 Å². The molecular weight excluding hydrogens is 373 g/mol. The van der Waals surface area contributed by atoms with Crippen molar-refractivity contribution in [2.24, 2.45) is 0 Å². The van der Waals surface area contributed by atoms with E-state index < -0.39 is 0 Å². The number of benzene rings is 1. The molecule has 2 amide bonds. The smallest absolute Gasteiger partial charge is 0.268 e. The quantitative estimate of drug-likeness (QED) is 0.689. The third kappa shape index (κ3) is 3.06. The van der Waals surface area contributed by atoms with E-state index in [4.69, 9.17) is 23.2 Å². The Morgan fingerprint density at radius 1 is 1.13 bits per heavy atom. The molecule has 7 heteroatoms. The molecular formula is C16H11Cl2NO2S2. The summed E-state index contributed by atoms with van der Waals surface area (Å²) < 4.78 is 0. The minimum absolute atomic E-state index is 0.330. The van der Waals surface area contributed by atoms with Gasteiger partial charge >= 0.3 is 0 Å². The van der Waals surface area contributed by atoms with E-state index in [0.717, 1.165) is 9.78 Å². The predicted molar refractivity (Wildman–Crippen MR) is 98.3 cm³/mol. The third-order valence-corrected chi connectivity index (χ3v) is 5.48. The molecule has 2 heterocycles. The molecule has 0 unspecified atom stereocenters. The summed E-state index contributed by atoms with van der Waals surface area (Å²) in [4.78, 5) is 28.1. The van der Waals surface area contributed by atoms with E-state index in [9.17, 15) is 9.59 Å². The maximum atomic E-state index is 12.9. The molecule has 118 valence electrons. The topological polar surface area (TPSA) is 37.4 Å². The molecule has 0 spiro atoms. The van der Waals surface area contributed by atoms with Crippen LogP contribution in [0, 0.1) is 0 Å². The summed E-state index contributed by atoms with van der Waals surface area (Å²) in [6, 6.07) is 8.39. The number of hydrogen-bond acceptors (Lipinski definition) is 4. The molecule has 0 fully saturated rings. The van der Waals surface area contributed by atoms with Crippen molar-refractivity contribution in [3.8, 4) is 0 Å². The summed E-state index contributed by atoms with van der Waals surface area (Å²) in [6.45, 7) is 1.94. The Bertz CT molecular complexity index is 795. The number of carbonyl (C=O) groups is 2. The van der Waals surface area contributed by atoms with Crippen LogP contribution < -0.4 is 4.90 Å². The van der Waals surface area contributed by atoms with Gasteiger partial charge in [-0.1, -0.05) is 36.2 Å². The summed E-state index contributed by atoms with van der Waals surface area (Å²) in [5.41, 5.74) is 0.839. The van der Waals surface area contributed by atoms with Crippen LogP contribution in [-0.4, -0.2) is 17.6 Å². The lowest BCUT2D eigenvalue weighted by molar-refractivity contribution is -0.119. The van der Waals surface area contributed by atoms with Crippen molar-refractivity contribution in [3.63, 3.8) is 0 Å². The van der Waals surface area contributed by atoms with Gasteiger partial charge in [-0.2, -0.15) is 0 Å². The average molecular weight is 384 g/mol. The van der Waals surface area contributed by atoms with Crippen LogP contribution in [0.2, 0.25) is 10.0 Å². The van der Waals surface area contributed by atoms with Crippen LogP contribution in [0.25, 0.3) is 5.57 Å².